The SMILES string of the molecule is CC(C)(C)NCc1ccc(N2CCN(CCO)CC2)nc1. The minimum atomic E-state index is 0.127. The number of β-amino-alcohol motifs (C(OH)–C–C–N with tert-alkyl or cyclic N) is 1. The standard InChI is InChI=1S/C16H28N4O/c1-16(2,3)18-13-14-4-5-15(17-12-14)20-8-6-19(7-9-20)10-11-21/h4-5,12,18,21H,6-11,13H2,1-3H3. The second-order valence-corrected chi connectivity index (χ2v) is 6.68. The Morgan fingerprint density at radius 3 is 2.43 bits per heavy atom. The number of anilines is 1. The summed E-state index contributed by atoms with van der Waals surface area (Å²) < 4.78 is 0. The van der Waals surface area contributed by atoms with Crippen molar-refractivity contribution in [1.82, 2.24) is 15.2 Å². The Labute approximate surface area is 128 Å². The maximum absolute atomic E-state index is 8.97. The van der Waals surface area contributed by atoms with E-state index in [-0.39, 0.29) is 12.1 Å². The lowest BCUT2D eigenvalue weighted by Gasteiger charge is -2.35. The van der Waals surface area contributed by atoms with Gasteiger partial charge in [-0.3, -0.25) is 4.90 Å². The van der Waals surface area contributed by atoms with Crippen LogP contribution in [0.3, 0.4) is 0 Å². The van der Waals surface area contributed by atoms with E-state index in [4.69, 9.17) is 5.11 Å². The van der Waals surface area contributed by atoms with E-state index in [9.17, 15) is 0 Å². The number of nitrogens with zero attached hydrogens (tertiary/aromatic N) is 3. The number of hydrogen-bond acceptors (Lipinski definition) is 5. The normalized spacial score (nSPS) is 17.2. The van der Waals surface area contributed by atoms with E-state index in [1.165, 1.54) is 5.56 Å². The molecule has 2 heterocycles. The first-order valence-corrected chi connectivity index (χ1v) is 7.76. The van der Waals surface area contributed by atoms with Gasteiger partial charge in [-0.15, -0.1) is 0 Å². The van der Waals surface area contributed by atoms with Gasteiger partial charge in [-0.1, -0.05) is 6.07 Å². The van der Waals surface area contributed by atoms with Crippen LogP contribution in [0.4, 0.5) is 5.82 Å². The predicted octanol–water partition coefficient (Wildman–Crippen LogP) is 1.08. The number of pyridine rings is 1. The summed E-state index contributed by atoms with van der Waals surface area (Å²) in [4.78, 5) is 9.20. The largest absolute Gasteiger partial charge is 0.395 e. The third-order valence-electron chi connectivity index (χ3n) is 3.74. The summed E-state index contributed by atoms with van der Waals surface area (Å²) in [5.41, 5.74) is 1.34. The van der Waals surface area contributed by atoms with E-state index in [0.29, 0.717) is 0 Å². The Kier molecular flexibility index (Phi) is 5.56. The zero-order valence-electron chi connectivity index (χ0n) is 13.5. The molecule has 0 atom stereocenters. The number of hydrogen-bond donors (Lipinski definition) is 2. The zero-order chi connectivity index (χ0) is 15.3. The molecule has 0 bridgehead atoms. The van der Waals surface area contributed by atoms with Crippen molar-refractivity contribution >= 4 is 5.82 Å². The summed E-state index contributed by atoms with van der Waals surface area (Å²) in [6, 6.07) is 4.27. The highest BCUT2D eigenvalue weighted by atomic mass is 16.3. The first-order valence-electron chi connectivity index (χ1n) is 7.76. The molecular formula is C16H28N4O. The fourth-order valence-corrected chi connectivity index (χ4v) is 2.42. The van der Waals surface area contributed by atoms with Gasteiger partial charge in [0.05, 0.1) is 6.61 Å². The zero-order valence-corrected chi connectivity index (χ0v) is 13.5. The molecule has 21 heavy (non-hydrogen) atoms. The minimum absolute atomic E-state index is 0.127. The average molecular weight is 292 g/mol. The van der Waals surface area contributed by atoms with E-state index < -0.39 is 0 Å². The molecule has 5 heteroatoms. The summed E-state index contributed by atoms with van der Waals surface area (Å²) in [7, 11) is 0. The molecule has 2 N–H and O–H groups in total. The molecule has 0 aliphatic carbocycles. The number of aromatic nitrogens is 1. The van der Waals surface area contributed by atoms with Gasteiger partial charge >= 0.3 is 0 Å². The van der Waals surface area contributed by atoms with E-state index in [1.807, 2.05) is 6.20 Å². The van der Waals surface area contributed by atoms with Gasteiger partial charge in [0, 0.05) is 51.0 Å². The number of aliphatic hydroxyl groups excluding tert-OH is 1. The van der Waals surface area contributed by atoms with Crippen molar-refractivity contribution < 1.29 is 5.11 Å². The minimum Gasteiger partial charge on any atom is -0.395 e. The number of aliphatic hydroxyl groups is 1. The van der Waals surface area contributed by atoms with Crippen molar-refractivity contribution in [1.29, 1.82) is 0 Å². The van der Waals surface area contributed by atoms with Crippen LogP contribution in [0.5, 0.6) is 0 Å². The van der Waals surface area contributed by atoms with Crippen LogP contribution in [-0.4, -0.2) is 59.9 Å². The van der Waals surface area contributed by atoms with Crippen molar-refractivity contribution in [3.05, 3.63) is 23.9 Å². The average Bonchev–Trinajstić information content (AvgIpc) is 2.46. The van der Waals surface area contributed by atoms with Gasteiger partial charge in [-0.25, -0.2) is 4.98 Å². The van der Waals surface area contributed by atoms with Crippen molar-refractivity contribution in [2.75, 3.05) is 44.2 Å². The Balaban J connectivity index is 1.85. The molecule has 1 saturated heterocycles. The topological polar surface area (TPSA) is 51.6 Å². The van der Waals surface area contributed by atoms with E-state index >= 15 is 0 Å². The first kappa shape index (κ1) is 16.2. The number of nitrogens with one attached hydrogen (secondary N) is 1. The molecule has 2 rings (SSSR count). The Morgan fingerprint density at radius 2 is 1.90 bits per heavy atom. The van der Waals surface area contributed by atoms with Gasteiger partial charge in [0.2, 0.25) is 0 Å². The van der Waals surface area contributed by atoms with E-state index in [0.717, 1.165) is 45.1 Å². The lowest BCUT2D eigenvalue weighted by atomic mass is 10.1. The lowest BCUT2D eigenvalue weighted by molar-refractivity contribution is 0.188. The second kappa shape index (κ2) is 7.20. The quantitative estimate of drug-likeness (QED) is 0.851. The van der Waals surface area contributed by atoms with Crippen molar-refractivity contribution in [2.45, 2.75) is 32.9 Å². The molecular weight excluding hydrogens is 264 g/mol. The van der Waals surface area contributed by atoms with Crippen molar-refractivity contribution in [2.24, 2.45) is 0 Å². The highest BCUT2D eigenvalue weighted by molar-refractivity contribution is 5.39. The Bertz CT molecular complexity index is 419. The van der Waals surface area contributed by atoms with Crippen LogP contribution in [0.15, 0.2) is 18.3 Å². The van der Waals surface area contributed by atoms with Crippen molar-refractivity contribution in [3.8, 4) is 0 Å². The fourth-order valence-electron chi connectivity index (χ4n) is 2.42. The van der Waals surface area contributed by atoms with E-state index in [1.54, 1.807) is 0 Å². The molecule has 0 saturated carbocycles. The van der Waals surface area contributed by atoms with Crippen LogP contribution in [-0.2, 0) is 6.54 Å². The van der Waals surface area contributed by atoms with Gasteiger partial charge in [0.15, 0.2) is 0 Å². The maximum atomic E-state index is 8.97. The van der Waals surface area contributed by atoms with Crippen LogP contribution in [0.25, 0.3) is 0 Å². The molecule has 1 aliphatic heterocycles. The lowest BCUT2D eigenvalue weighted by Crippen LogP contribution is -2.47. The number of piperazine rings is 1. The Morgan fingerprint density at radius 1 is 1.19 bits per heavy atom. The van der Waals surface area contributed by atoms with Crippen LogP contribution < -0.4 is 10.2 Å². The second-order valence-electron chi connectivity index (χ2n) is 6.68. The molecule has 0 amide bonds. The summed E-state index contributed by atoms with van der Waals surface area (Å²) in [5, 5.41) is 12.4. The highest BCUT2D eigenvalue weighted by Crippen LogP contribution is 2.14. The molecule has 0 radical (unpaired) electrons. The van der Waals surface area contributed by atoms with Crippen LogP contribution in [0, 0.1) is 0 Å². The van der Waals surface area contributed by atoms with E-state index in [2.05, 4.69) is 53.0 Å². The molecule has 1 aromatic heterocycles. The van der Waals surface area contributed by atoms with Gasteiger partial charge in [-0.05, 0) is 32.4 Å². The molecule has 0 spiro atoms. The molecule has 1 aliphatic rings. The third kappa shape index (κ3) is 5.26. The molecule has 0 aromatic carbocycles. The smallest absolute Gasteiger partial charge is 0.128 e. The van der Waals surface area contributed by atoms with Gasteiger partial charge < -0.3 is 15.3 Å². The van der Waals surface area contributed by atoms with Gasteiger partial charge in [0.1, 0.15) is 5.82 Å². The van der Waals surface area contributed by atoms with Crippen molar-refractivity contribution in [3.63, 3.8) is 0 Å². The fraction of sp³-hybridized carbons (Fsp3) is 0.688. The van der Waals surface area contributed by atoms with Crippen LogP contribution in [0.1, 0.15) is 26.3 Å². The monoisotopic (exact) mass is 292 g/mol. The van der Waals surface area contributed by atoms with Crippen LogP contribution >= 0.6 is 0 Å². The van der Waals surface area contributed by atoms with Gasteiger partial charge in [-0.2, -0.15) is 0 Å². The van der Waals surface area contributed by atoms with Gasteiger partial charge in [0.25, 0.3) is 0 Å². The Hall–Kier alpha value is -1.17. The number of rotatable bonds is 5. The van der Waals surface area contributed by atoms with Crippen LogP contribution in [0.2, 0.25) is 0 Å². The summed E-state index contributed by atoms with van der Waals surface area (Å²) in [6.07, 6.45) is 1.97. The summed E-state index contributed by atoms with van der Waals surface area (Å²) >= 11 is 0. The molecule has 5 nitrogen and oxygen atoms in total. The molecule has 1 aromatic rings. The third-order valence-corrected chi connectivity index (χ3v) is 3.74. The summed E-state index contributed by atoms with van der Waals surface area (Å²) in [5.74, 6) is 1.05. The molecule has 1 fully saturated rings. The molecule has 0 unspecified atom stereocenters. The molecule has 118 valence electrons. The maximum Gasteiger partial charge on any atom is 0.128 e. The summed E-state index contributed by atoms with van der Waals surface area (Å²) in [6.45, 7) is 12.3. The first-order chi connectivity index (χ1) is 9.98. The predicted molar refractivity (Wildman–Crippen MR) is 86.6 cm³/mol. The highest BCUT2D eigenvalue weighted by Gasteiger charge is 2.17.